The molecule has 0 radical (unpaired) electrons. The first kappa shape index (κ1) is 21.2. The molecule has 1 aliphatic rings. The monoisotopic (exact) mass is 449 g/mol. The number of nitrogens with one attached hydrogen (secondary N) is 2. The summed E-state index contributed by atoms with van der Waals surface area (Å²) >= 11 is 0. The predicted octanol–water partition coefficient (Wildman–Crippen LogP) is 2.84. The van der Waals surface area contributed by atoms with Crippen molar-refractivity contribution in [2.24, 2.45) is 4.99 Å². The van der Waals surface area contributed by atoms with Crippen LogP contribution < -0.4 is 10.6 Å². The summed E-state index contributed by atoms with van der Waals surface area (Å²) in [5, 5.41) is 6.67. The summed E-state index contributed by atoms with van der Waals surface area (Å²) in [6.45, 7) is 11.1. The lowest BCUT2D eigenvalue weighted by atomic mass is 10.0. The molecule has 1 aromatic heterocycles. The second kappa shape index (κ2) is 10.2. The highest BCUT2D eigenvalue weighted by Gasteiger charge is 2.23. The molecule has 24 heavy (non-hydrogen) atoms. The van der Waals surface area contributed by atoms with E-state index in [4.69, 9.17) is 4.42 Å². The Labute approximate surface area is 162 Å². The highest BCUT2D eigenvalue weighted by atomic mass is 127. The lowest BCUT2D eigenvalue weighted by Crippen LogP contribution is -2.50. The van der Waals surface area contributed by atoms with Gasteiger partial charge in [-0.2, -0.15) is 0 Å². The van der Waals surface area contributed by atoms with Gasteiger partial charge in [-0.1, -0.05) is 6.42 Å². The van der Waals surface area contributed by atoms with Crippen LogP contribution in [0.1, 0.15) is 50.5 Å². The van der Waals surface area contributed by atoms with Crippen LogP contribution in [0.3, 0.4) is 0 Å². The number of hydrogen-bond acceptors (Lipinski definition) is 4. The van der Waals surface area contributed by atoms with Crippen LogP contribution in [0.2, 0.25) is 0 Å². The molecule has 2 N–H and O–H groups in total. The first-order valence-corrected chi connectivity index (χ1v) is 8.64. The first-order valence-electron chi connectivity index (χ1n) is 8.64. The molecular weight excluding hydrogens is 417 g/mol. The summed E-state index contributed by atoms with van der Waals surface area (Å²) in [4.78, 5) is 11.2. The standard InChI is InChI=1S/C17H31N5O.HI/c1-12-8-6-7-9-22(12)13(2)10-19-17(18-5)20-11-16-21-14(3)15(4)23-16;/h12-13H,6-11H2,1-5H3,(H2,18,19,20);1H. The number of aryl methyl sites for hydroxylation is 2. The van der Waals surface area contributed by atoms with Crippen LogP contribution in [0, 0.1) is 13.8 Å². The molecule has 2 atom stereocenters. The quantitative estimate of drug-likeness (QED) is 0.411. The maximum Gasteiger partial charge on any atom is 0.214 e. The van der Waals surface area contributed by atoms with Crippen LogP contribution in [0.4, 0.5) is 0 Å². The number of rotatable bonds is 5. The van der Waals surface area contributed by atoms with E-state index in [1.807, 2.05) is 13.8 Å². The van der Waals surface area contributed by atoms with E-state index in [0.29, 0.717) is 24.5 Å². The number of aliphatic imine (C=N–C) groups is 1. The van der Waals surface area contributed by atoms with Crippen molar-refractivity contribution in [3.63, 3.8) is 0 Å². The summed E-state index contributed by atoms with van der Waals surface area (Å²) in [6, 6.07) is 1.17. The molecule has 2 heterocycles. The highest BCUT2D eigenvalue weighted by Crippen LogP contribution is 2.18. The van der Waals surface area contributed by atoms with Crippen LogP contribution >= 0.6 is 24.0 Å². The number of nitrogens with zero attached hydrogens (tertiary/aromatic N) is 3. The lowest BCUT2D eigenvalue weighted by Gasteiger charge is -2.38. The third-order valence-electron chi connectivity index (χ3n) is 4.69. The van der Waals surface area contributed by atoms with E-state index >= 15 is 0 Å². The van der Waals surface area contributed by atoms with Crippen molar-refractivity contribution in [2.75, 3.05) is 20.1 Å². The molecule has 2 unspecified atom stereocenters. The Balaban J connectivity index is 0.00000288. The third-order valence-corrected chi connectivity index (χ3v) is 4.69. The van der Waals surface area contributed by atoms with Gasteiger partial charge >= 0.3 is 0 Å². The fourth-order valence-electron chi connectivity index (χ4n) is 3.13. The van der Waals surface area contributed by atoms with Crippen molar-refractivity contribution in [3.8, 4) is 0 Å². The molecule has 7 heteroatoms. The molecule has 0 aliphatic carbocycles. The van der Waals surface area contributed by atoms with Gasteiger partial charge < -0.3 is 15.1 Å². The molecule has 138 valence electrons. The lowest BCUT2D eigenvalue weighted by molar-refractivity contribution is 0.115. The van der Waals surface area contributed by atoms with Gasteiger partial charge in [-0.15, -0.1) is 24.0 Å². The molecule has 0 spiro atoms. The average molecular weight is 449 g/mol. The first-order chi connectivity index (χ1) is 11.0. The fraction of sp³-hybridized carbons (Fsp3) is 0.765. The van der Waals surface area contributed by atoms with Crippen LogP contribution in [-0.4, -0.2) is 48.1 Å². The van der Waals surface area contributed by atoms with Gasteiger partial charge in [0.25, 0.3) is 0 Å². The highest BCUT2D eigenvalue weighted by molar-refractivity contribution is 14.0. The van der Waals surface area contributed by atoms with Gasteiger partial charge in [0.1, 0.15) is 5.76 Å². The van der Waals surface area contributed by atoms with Gasteiger partial charge in [0, 0.05) is 25.7 Å². The smallest absolute Gasteiger partial charge is 0.214 e. The number of likely N-dealkylation sites (tertiary alicyclic amines) is 1. The molecule has 1 saturated heterocycles. The number of hydrogen-bond donors (Lipinski definition) is 2. The molecule has 2 rings (SSSR count). The normalized spacial score (nSPS) is 20.4. The summed E-state index contributed by atoms with van der Waals surface area (Å²) in [5.74, 6) is 2.35. The summed E-state index contributed by atoms with van der Waals surface area (Å²) in [7, 11) is 1.79. The van der Waals surface area contributed by atoms with E-state index in [1.165, 1.54) is 25.8 Å². The zero-order valence-electron chi connectivity index (χ0n) is 15.6. The van der Waals surface area contributed by atoms with Gasteiger partial charge in [-0.25, -0.2) is 4.98 Å². The van der Waals surface area contributed by atoms with E-state index in [1.54, 1.807) is 7.05 Å². The number of guanidine groups is 1. The van der Waals surface area contributed by atoms with Gasteiger partial charge in [-0.3, -0.25) is 9.89 Å². The predicted molar refractivity (Wildman–Crippen MR) is 109 cm³/mol. The fourth-order valence-corrected chi connectivity index (χ4v) is 3.13. The molecule has 6 nitrogen and oxygen atoms in total. The maximum absolute atomic E-state index is 5.58. The molecular formula is C17H32IN5O. The Morgan fingerprint density at radius 3 is 2.71 bits per heavy atom. The molecule has 1 aliphatic heterocycles. The van der Waals surface area contributed by atoms with Crippen molar-refractivity contribution < 1.29 is 4.42 Å². The summed E-state index contributed by atoms with van der Waals surface area (Å²) < 4.78 is 5.58. The van der Waals surface area contributed by atoms with Gasteiger partial charge in [0.2, 0.25) is 5.89 Å². The van der Waals surface area contributed by atoms with Gasteiger partial charge in [0.15, 0.2) is 5.96 Å². The summed E-state index contributed by atoms with van der Waals surface area (Å²) in [5.41, 5.74) is 0.942. The maximum atomic E-state index is 5.58. The summed E-state index contributed by atoms with van der Waals surface area (Å²) in [6.07, 6.45) is 3.97. The molecule has 0 amide bonds. The molecule has 1 fully saturated rings. The van der Waals surface area contributed by atoms with E-state index in [0.717, 1.165) is 24.0 Å². The Bertz CT molecular complexity index is 512. The number of piperidine rings is 1. The Morgan fingerprint density at radius 1 is 1.38 bits per heavy atom. The molecule has 0 saturated carbocycles. The van der Waals surface area contributed by atoms with Crippen LogP contribution in [0.25, 0.3) is 0 Å². The SMILES string of the molecule is CN=C(NCc1nc(C)c(C)o1)NCC(C)N1CCCCC1C.I. The number of halogens is 1. The number of oxazole rings is 1. The topological polar surface area (TPSA) is 65.7 Å². The zero-order chi connectivity index (χ0) is 16.8. The van der Waals surface area contributed by atoms with Crippen molar-refractivity contribution in [3.05, 3.63) is 17.3 Å². The van der Waals surface area contributed by atoms with E-state index < -0.39 is 0 Å². The van der Waals surface area contributed by atoms with Gasteiger partial charge in [0.05, 0.1) is 12.2 Å². The van der Waals surface area contributed by atoms with Gasteiger partial charge in [-0.05, 0) is 47.1 Å². The van der Waals surface area contributed by atoms with Crippen LogP contribution in [0.5, 0.6) is 0 Å². The van der Waals surface area contributed by atoms with E-state index in [2.05, 4.69) is 39.4 Å². The van der Waals surface area contributed by atoms with Crippen molar-refractivity contribution in [1.82, 2.24) is 20.5 Å². The van der Waals surface area contributed by atoms with Crippen LogP contribution in [-0.2, 0) is 6.54 Å². The van der Waals surface area contributed by atoms with Crippen LogP contribution in [0.15, 0.2) is 9.41 Å². The van der Waals surface area contributed by atoms with E-state index in [9.17, 15) is 0 Å². The minimum atomic E-state index is 0. The number of aromatic nitrogens is 1. The third kappa shape index (κ3) is 5.91. The Kier molecular flexibility index (Phi) is 9.04. The second-order valence-corrected chi connectivity index (χ2v) is 6.49. The Morgan fingerprint density at radius 2 is 2.12 bits per heavy atom. The van der Waals surface area contributed by atoms with Crippen molar-refractivity contribution >= 4 is 29.9 Å². The van der Waals surface area contributed by atoms with Crippen molar-refractivity contribution in [1.29, 1.82) is 0 Å². The second-order valence-electron chi connectivity index (χ2n) is 6.49. The average Bonchev–Trinajstić information content (AvgIpc) is 2.86. The van der Waals surface area contributed by atoms with Crippen molar-refractivity contribution in [2.45, 2.75) is 65.6 Å². The molecule has 1 aromatic rings. The molecule has 0 aromatic carbocycles. The minimum Gasteiger partial charge on any atom is -0.444 e. The Hall–Kier alpha value is -0.830. The molecule has 0 bridgehead atoms. The van der Waals surface area contributed by atoms with E-state index in [-0.39, 0.29) is 24.0 Å². The largest absolute Gasteiger partial charge is 0.444 e. The minimum absolute atomic E-state index is 0. The zero-order valence-corrected chi connectivity index (χ0v) is 17.9.